The zero-order valence-electron chi connectivity index (χ0n) is 16.1. The smallest absolute Gasteiger partial charge is 0.374 e. The van der Waals surface area contributed by atoms with E-state index in [1.807, 2.05) is 18.2 Å². The molecule has 0 aliphatic heterocycles. The van der Waals surface area contributed by atoms with Crippen LogP contribution in [0.4, 0.5) is 4.39 Å². The van der Waals surface area contributed by atoms with E-state index in [4.69, 9.17) is 25.5 Å². The van der Waals surface area contributed by atoms with Crippen molar-refractivity contribution in [3.05, 3.63) is 88.6 Å². The summed E-state index contributed by atoms with van der Waals surface area (Å²) in [5.74, 6) is -0.757. The fourth-order valence-corrected chi connectivity index (χ4v) is 2.78. The minimum Gasteiger partial charge on any atom is -0.486 e. The van der Waals surface area contributed by atoms with Gasteiger partial charge in [0.2, 0.25) is 5.76 Å². The Morgan fingerprint density at radius 1 is 1.07 bits per heavy atom. The molecule has 2 aromatic carbocycles. The Labute approximate surface area is 177 Å². The average molecular weight is 432 g/mol. The summed E-state index contributed by atoms with van der Waals surface area (Å²) in [6.45, 7) is -0.427. The van der Waals surface area contributed by atoms with Crippen LogP contribution in [0.25, 0.3) is 0 Å². The van der Waals surface area contributed by atoms with E-state index in [-0.39, 0.29) is 29.5 Å². The van der Waals surface area contributed by atoms with Gasteiger partial charge in [-0.05, 0) is 36.4 Å². The summed E-state index contributed by atoms with van der Waals surface area (Å²) in [6, 6.07) is 16.5. The Balaban J connectivity index is 1.49. The lowest BCUT2D eigenvalue weighted by atomic mass is 10.2. The molecule has 0 spiro atoms. The second kappa shape index (κ2) is 9.93. The molecule has 1 amide bonds. The molecule has 3 aromatic rings. The molecule has 156 valence electrons. The highest BCUT2D eigenvalue weighted by Crippen LogP contribution is 2.20. The highest BCUT2D eigenvalue weighted by atomic mass is 35.5. The van der Waals surface area contributed by atoms with Gasteiger partial charge in [0.25, 0.3) is 5.91 Å². The van der Waals surface area contributed by atoms with Crippen molar-refractivity contribution in [2.75, 3.05) is 13.7 Å². The minimum atomic E-state index is -0.786. The van der Waals surface area contributed by atoms with Gasteiger partial charge in [0.15, 0.2) is 6.61 Å². The van der Waals surface area contributed by atoms with Gasteiger partial charge in [0.1, 0.15) is 23.9 Å². The normalized spacial score (nSPS) is 10.5. The van der Waals surface area contributed by atoms with Gasteiger partial charge in [-0.15, -0.1) is 0 Å². The zero-order valence-corrected chi connectivity index (χ0v) is 16.9. The van der Waals surface area contributed by atoms with E-state index in [2.05, 4.69) is 0 Å². The number of ether oxygens (including phenoxy) is 2. The van der Waals surface area contributed by atoms with Crippen LogP contribution in [0.2, 0.25) is 5.02 Å². The third-order valence-electron chi connectivity index (χ3n) is 4.20. The largest absolute Gasteiger partial charge is 0.486 e. The molecule has 0 aliphatic carbocycles. The molecule has 0 bridgehead atoms. The quantitative estimate of drug-likeness (QED) is 0.492. The van der Waals surface area contributed by atoms with Gasteiger partial charge in [-0.3, -0.25) is 4.79 Å². The predicted molar refractivity (Wildman–Crippen MR) is 108 cm³/mol. The molecule has 8 heteroatoms. The first kappa shape index (κ1) is 21.4. The second-order valence-electron chi connectivity index (χ2n) is 6.39. The standard InChI is InChI=1S/C22H19ClFNO5/c1-25(12-17-18(23)8-5-9-19(17)24)21(26)14-29-22(27)20-11-10-16(30-20)13-28-15-6-3-2-4-7-15/h2-11H,12-14H2,1H3. The van der Waals surface area contributed by atoms with Crippen molar-refractivity contribution in [3.63, 3.8) is 0 Å². The lowest BCUT2D eigenvalue weighted by Gasteiger charge is -2.18. The van der Waals surface area contributed by atoms with Gasteiger partial charge < -0.3 is 18.8 Å². The van der Waals surface area contributed by atoms with Crippen molar-refractivity contribution in [2.24, 2.45) is 0 Å². The highest BCUT2D eigenvalue weighted by molar-refractivity contribution is 6.31. The maximum atomic E-state index is 13.9. The Bertz CT molecular complexity index is 1000. The maximum absolute atomic E-state index is 13.9. The van der Waals surface area contributed by atoms with E-state index < -0.39 is 24.3 Å². The zero-order chi connectivity index (χ0) is 21.5. The molecular weight excluding hydrogens is 413 g/mol. The van der Waals surface area contributed by atoms with Crippen LogP contribution in [0.1, 0.15) is 21.9 Å². The van der Waals surface area contributed by atoms with Crippen LogP contribution in [-0.4, -0.2) is 30.4 Å². The fourth-order valence-electron chi connectivity index (χ4n) is 2.55. The number of nitrogens with zero attached hydrogens (tertiary/aromatic N) is 1. The molecule has 0 atom stereocenters. The Morgan fingerprint density at radius 3 is 2.57 bits per heavy atom. The lowest BCUT2D eigenvalue weighted by molar-refractivity contribution is -0.133. The monoisotopic (exact) mass is 431 g/mol. The summed E-state index contributed by atoms with van der Waals surface area (Å²) >= 11 is 5.97. The van der Waals surface area contributed by atoms with Gasteiger partial charge in [-0.25, -0.2) is 9.18 Å². The molecule has 6 nitrogen and oxygen atoms in total. The van der Waals surface area contributed by atoms with E-state index >= 15 is 0 Å². The third kappa shape index (κ3) is 5.61. The first-order valence-electron chi connectivity index (χ1n) is 9.04. The van der Waals surface area contributed by atoms with Crippen molar-refractivity contribution < 1.29 is 27.9 Å². The van der Waals surface area contributed by atoms with E-state index in [1.165, 1.54) is 36.2 Å². The van der Waals surface area contributed by atoms with Gasteiger partial charge in [-0.1, -0.05) is 35.9 Å². The van der Waals surface area contributed by atoms with E-state index in [0.717, 1.165) is 0 Å². The number of hydrogen-bond acceptors (Lipinski definition) is 5. The first-order valence-corrected chi connectivity index (χ1v) is 9.42. The number of halogens is 2. The SMILES string of the molecule is CN(Cc1c(F)cccc1Cl)C(=O)COC(=O)c1ccc(COc2ccccc2)o1. The van der Waals surface area contributed by atoms with E-state index in [9.17, 15) is 14.0 Å². The van der Waals surface area contributed by atoms with Crippen molar-refractivity contribution >= 4 is 23.5 Å². The molecule has 0 radical (unpaired) electrons. The number of benzene rings is 2. The number of amides is 1. The Kier molecular flexibility index (Phi) is 7.08. The maximum Gasteiger partial charge on any atom is 0.374 e. The van der Waals surface area contributed by atoms with Crippen molar-refractivity contribution in [1.29, 1.82) is 0 Å². The third-order valence-corrected chi connectivity index (χ3v) is 4.55. The number of hydrogen-bond donors (Lipinski definition) is 0. The first-order chi connectivity index (χ1) is 14.4. The molecule has 0 unspecified atom stereocenters. The summed E-state index contributed by atoms with van der Waals surface area (Å²) in [4.78, 5) is 25.5. The Hall–Kier alpha value is -3.32. The number of likely N-dealkylation sites (N-methyl/N-ethyl adjacent to an activating group) is 1. The topological polar surface area (TPSA) is 69.0 Å². The van der Waals surface area contributed by atoms with Crippen molar-refractivity contribution in [3.8, 4) is 5.75 Å². The summed E-state index contributed by atoms with van der Waals surface area (Å²) in [5.41, 5.74) is 0.190. The predicted octanol–water partition coefficient (Wildman–Crippen LogP) is 4.47. The molecule has 0 saturated carbocycles. The molecule has 0 aliphatic rings. The Morgan fingerprint density at radius 2 is 1.83 bits per heavy atom. The molecule has 3 rings (SSSR count). The fraction of sp³-hybridized carbons (Fsp3) is 0.182. The van der Waals surface area contributed by atoms with Gasteiger partial charge in [0.05, 0.1) is 0 Å². The van der Waals surface area contributed by atoms with Gasteiger partial charge in [-0.2, -0.15) is 0 Å². The summed E-state index contributed by atoms with van der Waals surface area (Å²) < 4.78 is 29.8. The number of furan rings is 1. The highest BCUT2D eigenvalue weighted by Gasteiger charge is 2.18. The molecular formula is C22H19ClFNO5. The van der Waals surface area contributed by atoms with E-state index in [1.54, 1.807) is 18.2 Å². The van der Waals surface area contributed by atoms with Crippen LogP contribution in [0, 0.1) is 5.82 Å². The number of para-hydroxylation sites is 1. The molecule has 1 aromatic heterocycles. The summed E-state index contributed by atoms with van der Waals surface area (Å²) in [5, 5.41) is 0.215. The van der Waals surface area contributed by atoms with E-state index in [0.29, 0.717) is 11.5 Å². The molecule has 1 heterocycles. The van der Waals surface area contributed by atoms with Crippen LogP contribution in [0.5, 0.6) is 5.75 Å². The van der Waals surface area contributed by atoms with Crippen LogP contribution in [0.15, 0.2) is 65.1 Å². The summed E-state index contributed by atoms with van der Waals surface area (Å²) in [7, 11) is 1.46. The van der Waals surface area contributed by atoms with Crippen LogP contribution < -0.4 is 4.74 Å². The summed E-state index contributed by atoms with van der Waals surface area (Å²) in [6.07, 6.45) is 0. The van der Waals surface area contributed by atoms with Gasteiger partial charge >= 0.3 is 5.97 Å². The van der Waals surface area contributed by atoms with Crippen LogP contribution in [0.3, 0.4) is 0 Å². The van der Waals surface area contributed by atoms with Crippen LogP contribution in [-0.2, 0) is 22.7 Å². The molecule has 0 N–H and O–H groups in total. The average Bonchev–Trinajstić information content (AvgIpc) is 3.23. The van der Waals surface area contributed by atoms with Crippen molar-refractivity contribution in [1.82, 2.24) is 4.90 Å². The molecule has 30 heavy (non-hydrogen) atoms. The van der Waals surface area contributed by atoms with Crippen LogP contribution >= 0.6 is 11.6 Å². The molecule has 0 saturated heterocycles. The lowest BCUT2D eigenvalue weighted by Crippen LogP contribution is -2.31. The second-order valence-corrected chi connectivity index (χ2v) is 6.80. The number of carbonyl (C=O) groups excluding carboxylic acids is 2. The molecule has 0 fully saturated rings. The van der Waals surface area contributed by atoms with Gasteiger partial charge in [0, 0.05) is 24.2 Å². The number of rotatable bonds is 8. The van der Waals surface area contributed by atoms with Crippen molar-refractivity contribution in [2.45, 2.75) is 13.2 Å². The minimum absolute atomic E-state index is 0.0470. The number of esters is 1. The number of carbonyl (C=O) groups is 2.